The maximum absolute atomic E-state index is 12.8. The summed E-state index contributed by atoms with van der Waals surface area (Å²) in [6.07, 6.45) is 0. The summed E-state index contributed by atoms with van der Waals surface area (Å²) in [6.45, 7) is 7.05. The van der Waals surface area contributed by atoms with Gasteiger partial charge in [-0.25, -0.2) is 8.42 Å². The van der Waals surface area contributed by atoms with Gasteiger partial charge in [0.25, 0.3) is 0 Å². The molecule has 0 atom stereocenters. The summed E-state index contributed by atoms with van der Waals surface area (Å²) in [5, 5.41) is 9.78. The fourth-order valence-corrected chi connectivity index (χ4v) is 4.31. The highest BCUT2D eigenvalue weighted by molar-refractivity contribution is 7.89. The SMILES string of the molecule is CNCc1n[nH]c(C)c1S(=O)(=O)N1CCOC(C)(C)C1. The second-order valence-corrected chi connectivity index (χ2v) is 7.48. The van der Waals surface area contributed by atoms with Crippen molar-refractivity contribution in [3.8, 4) is 0 Å². The van der Waals surface area contributed by atoms with Crippen LogP contribution in [0.4, 0.5) is 0 Å². The number of aryl methyl sites for hydroxylation is 1. The van der Waals surface area contributed by atoms with Gasteiger partial charge in [-0.15, -0.1) is 0 Å². The Bertz CT molecular complexity index is 580. The van der Waals surface area contributed by atoms with E-state index in [4.69, 9.17) is 4.74 Å². The van der Waals surface area contributed by atoms with E-state index in [1.807, 2.05) is 13.8 Å². The number of sulfonamides is 1. The highest BCUT2D eigenvalue weighted by atomic mass is 32.2. The molecule has 2 rings (SSSR count). The van der Waals surface area contributed by atoms with Crippen molar-refractivity contribution in [1.29, 1.82) is 0 Å². The Kier molecular flexibility index (Phi) is 4.19. The van der Waals surface area contributed by atoms with E-state index in [0.29, 0.717) is 37.6 Å². The highest BCUT2D eigenvalue weighted by Crippen LogP contribution is 2.26. The zero-order valence-electron chi connectivity index (χ0n) is 12.4. The Balaban J connectivity index is 2.37. The lowest BCUT2D eigenvalue weighted by Crippen LogP contribution is -2.50. The quantitative estimate of drug-likeness (QED) is 0.832. The van der Waals surface area contributed by atoms with Gasteiger partial charge in [0.05, 0.1) is 23.6 Å². The van der Waals surface area contributed by atoms with Crippen LogP contribution in [0.15, 0.2) is 4.90 Å². The van der Waals surface area contributed by atoms with Crippen LogP contribution >= 0.6 is 0 Å². The van der Waals surface area contributed by atoms with Crippen molar-refractivity contribution < 1.29 is 13.2 Å². The predicted molar refractivity (Wildman–Crippen MR) is 74.9 cm³/mol. The van der Waals surface area contributed by atoms with E-state index in [0.717, 1.165) is 0 Å². The van der Waals surface area contributed by atoms with Gasteiger partial charge in [-0.1, -0.05) is 0 Å². The molecule has 20 heavy (non-hydrogen) atoms. The van der Waals surface area contributed by atoms with Crippen molar-refractivity contribution in [1.82, 2.24) is 19.8 Å². The maximum atomic E-state index is 12.8. The van der Waals surface area contributed by atoms with Gasteiger partial charge in [-0.3, -0.25) is 5.10 Å². The second-order valence-electron chi connectivity index (χ2n) is 5.60. The summed E-state index contributed by atoms with van der Waals surface area (Å²) in [7, 11) is -1.79. The molecule has 1 aromatic heterocycles. The fourth-order valence-electron chi connectivity index (χ4n) is 2.41. The van der Waals surface area contributed by atoms with Crippen LogP contribution in [-0.4, -0.2) is 55.3 Å². The van der Waals surface area contributed by atoms with Gasteiger partial charge in [0.15, 0.2) is 0 Å². The molecule has 2 heterocycles. The molecule has 1 aromatic rings. The lowest BCUT2D eigenvalue weighted by Gasteiger charge is -2.37. The molecule has 2 N–H and O–H groups in total. The number of hydrogen-bond donors (Lipinski definition) is 2. The zero-order chi connectivity index (χ0) is 15.0. The van der Waals surface area contributed by atoms with Crippen LogP contribution in [-0.2, 0) is 21.3 Å². The van der Waals surface area contributed by atoms with Crippen molar-refractivity contribution in [2.75, 3.05) is 26.7 Å². The van der Waals surface area contributed by atoms with Gasteiger partial charge in [-0.05, 0) is 27.8 Å². The maximum Gasteiger partial charge on any atom is 0.246 e. The number of aromatic nitrogens is 2. The molecule has 7 nitrogen and oxygen atoms in total. The van der Waals surface area contributed by atoms with E-state index in [-0.39, 0.29) is 4.90 Å². The van der Waals surface area contributed by atoms with E-state index in [2.05, 4.69) is 15.5 Å². The topological polar surface area (TPSA) is 87.3 Å². The van der Waals surface area contributed by atoms with Crippen LogP contribution in [0.25, 0.3) is 0 Å². The minimum atomic E-state index is -3.55. The zero-order valence-corrected chi connectivity index (χ0v) is 13.2. The molecule has 0 spiro atoms. The van der Waals surface area contributed by atoms with Gasteiger partial charge in [0, 0.05) is 19.6 Å². The van der Waals surface area contributed by atoms with Crippen LogP contribution in [0.2, 0.25) is 0 Å². The van der Waals surface area contributed by atoms with Crippen LogP contribution < -0.4 is 5.32 Å². The van der Waals surface area contributed by atoms with Crippen molar-refractivity contribution in [3.05, 3.63) is 11.4 Å². The van der Waals surface area contributed by atoms with Crippen LogP contribution in [0.5, 0.6) is 0 Å². The molecule has 1 aliphatic heterocycles. The minimum absolute atomic E-state index is 0.282. The van der Waals surface area contributed by atoms with E-state index in [1.54, 1.807) is 14.0 Å². The third-order valence-electron chi connectivity index (χ3n) is 3.29. The van der Waals surface area contributed by atoms with Crippen LogP contribution in [0, 0.1) is 6.92 Å². The molecule has 0 bridgehead atoms. The number of hydrogen-bond acceptors (Lipinski definition) is 5. The number of aromatic amines is 1. The standard InChI is InChI=1S/C12H22N4O3S/c1-9-11(10(7-13-4)15-14-9)20(17,18)16-5-6-19-12(2,3)8-16/h13H,5-8H2,1-4H3,(H,14,15). The van der Waals surface area contributed by atoms with E-state index >= 15 is 0 Å². The lowest BCUT2D eigenvalue weighted by molar-refractivity contribution is -0.0640. The average molecular weight is 302 g/mol. The van der Waals surface area contributed by atoms with E-state index in [9.17, 15) is 8.42 Å². The van der Waals surface area contributed by atoms with Crippen molar-refractivity contribution in [2.45, 2.75) is 37.8 Å². The van der Waals surface area contributed by atoms with Crippen LogP contribution in [0.3, 0.4) is 0 Å². The Morgan fingerprint density at radius 2 is 2.20 bits per heavy atom. The second kappa shape index (κ2) is 5.44. The predicted octanol–water partition coefficient (Wildman–Crippen LogP) is 0.237. The third-order valence-corrected chi connectivity index (χ3v) is 5.34. The fraction of sp³-hybridized carbons (Fsp3) is 0.750. The largest absolute Gasteiger partial charge is 0.373 e. The molecule has 8 heteroatoms. The molecule has 0 aromatic carbocycles. The van der Waals surface area contributed by atoms with Gasteiger partial charge in [0.1, 0.15) is 4.90 Å². The number of nitrogens with zero attached hydrogens (tertiary/aromatic N) is 2. The first kappa shape index (κ1) is 15.4. The molecule has 0 radical (unpaired) electrons. The number of nitrogens with one attached hydrogen (secondary N) is 2. The molecule has 0 amide bonds. The monoisotopic (exact) mass is 302 g/mol. The smallest absolute Gasteiger partial charge is 0.246 e. The molecule has 0 unspecified atom stereocenters. The van der Waals surface area contributed by atoms with E-state index < -0.39 is 15.6 Å². The molecule has 0 aliphatic carbocycles. The normalized spacial score (nSPS) is 20.2. The Hall–Kier alpha value is -0.960. The molecule has 1 fully saturated rings. The molecular weight excluding hydrogens is 280 g/mol. The first-order chi connectivity index (χ1) is 9.28. The summed E-state index contributed by atoms with van der Waals surface area (Å²) in [5.41, 5.74) is 0.625. The number of rotatable bonds is 4. The highest BCUT2D eigenvalue weighted by Gasteiger charge is 2.37. The van der Waals surface area contributed by atoms with Gasteiger partial charge >= 0.3 is 0 Å². The van der Waals surface area contributed by atoms with Crippen molar-refractivity contribution in [3.63, 3.8) is 0 Å². The summed E-state index contributed by atoms with van der Waals surface area (Å²) < 4.78 is 32.7. The number of morpholine rings is 1. The van der Waals surface area contributed by atoms with Gasteiger partial charge < -0.3 is 10.1 Å². The average Bonchev–Trinajstić information content (AvgIpc) is 2.70. The minimum Gasteiger partial charge on any atom is -0.373 e. The van der Waals surface area contributed by atoms with Crippen LogP contribution in [0.1, 0.15) is 25.2 Å². The lowest BCUT2D eigenvalue weighted by atomic mass is 10.1. The molecule has 1 saturated heterocycles. The summed E-state index contributed by atoms with van der Waals surface area (Å²) in [6, 6.07) is 0. The first-order valence-corrected chi connectivity index (χ1v) is 8.04. The molecule has 114 valence electrons. The van der Waals surface area contributed by atoms with Crippen molar-refractivity contribution >= 4 is 10.0 Å². The van der Waals surface area contributed by atoms with Gasteiger partial charge in [-0.2, -0.15) is 9.40 Å². The molecular formula is C12H22N4O3S. The Labute approximate surface area is 119 Å². The molecule has 1 aliphatic rings. The summed E-state index contributed by atoms with van der Waals surface area (Å²) in [4.78, 5) is 0.282. The Morgan fingerprint density at radius 3 is 2.80 bits per heavy atom. The van der Waals surface area contributed by atoms with E-state index in [1.165, 1.54) is 4.31 Å². The number of ether oxygens (including phenoxy) is 1. The van der Waals surface area contributed by atoms with Gasteiger partial charge in [0.2, 0.25) is 10.0 Å². The Morgan fingerprint density at radius 1 is 1.50 bits per heavy atom. The summed E-state index contributed by atoms with van der Waals surface area (Å²) in [5.74, 6) is 0. The summed E-state index contributed by atoms with van der Waals surface area (Å²) >= 11 is 0. The number of H-pyrrole nitrogens is 1. The first-order valence-electron chi connectivity index (χ1n) is 6.60. The third kappa shape index (κ3) is 2.88. The molecule has 0 saturated carbocycles. The van der Waals surface area contributed by atoms with Crippen molar-refractivity contribution in [2.24, 2.45) is 0 Å².